The van der Waals surface area contributed by atoms with Gasteiger partial charge in [0.15, 0.2) is 0 Å². The molecule has 0 unspecified atom stereocenters. The number of amides is 1. The Balaban J connectivity index is 2.72. The smallest absolute Gasteiger partial charge is 0.223 e. The van der Waals surface area contributed by atoms with E-state index in [0.29, 0.717) is 22.2 Å². The lowest BCUT2D eigenvalue weighted by Crippen LogP contribution is -2.38. The van der Waals surface area contributed by atoms with E-state index in [0.717, 1.165) is 6.42 Å². The largest absolute Gasteiger partial charge is 0.310 e. The third-order valence-electron chi connectivity index (χ3n) is 3.00. The van der Waals surface area contributed by atoms with Gasteiger partial charge in [0.05, 0.1) is 16.5 Å². The van der Waals surface area contributed by atoms with Crippen LogP contribution in [-0.2, 0) is 14.8 Å². The summed E-state index contributed by atoms with van der Waals surface area (Å²) in [6.45, 7) is 3.65. The number of nitrogens with one attached hydrogen (secondary N) is 1. The van der Waals surface area contributed by atoms with Crippen LogP contribution in [0.5, 0.6) is 0 Å². The lowest BCUT2D eigenvalue weighted by molar-refractivity contribution is -0.116. The van der Waals surface area contributed by atoms with E-state index < -0.39 is 10.0 Å². The molecule has 0 atom stereocenters. The van der Waals surface area contributed by atoms with Gasteiger partial charge in [-0.2, -0.15) is 0 Å². The Hall–Kier alpha value is -0.820. The maximum Gasteiger partial charge on any atom is 0.223 e. The van der Waals surface area contributed by atoms with Crippen LogP contribution < -0.4 is 9.62 Å². The Kier molecular flexibility index (Phi) is 7.62. The SMILES string of the molecule is CCCCS(=O)(=O)NCCN(C(C)=O)c1ccc(Cl)cc1Cl. The summed E-state index contributed by atoms with van der Waals surface area (Å²) in [4.78, 5) is 13.2. The second-order valence-corrected chi connectivity index (χ2v) is 7.60. The zero-order chi connectivity index (χ0) is 16.8. The quantitative estimate of drug-likeness (QED) is 0.768. The lowest BCUT2D eigenvalue weighted by atomic mass is 10.2. The monoisotopic (exact) mass is 366 g/mol. The predicted molar refractivity (Wildman–Crippen MR) is 91.2 cm³/mol. The minimum Gasteiger partial charge on any atom is -0.310 e. The number of nitrogens with zero attached hydrogens (tertiary/aromatic N) is 1. The third kappa shape index (κ3) is 6.12. The number of halogens is 2. The maximum atomic E-state index is 11.8. The second kappa shape index (κ2) is 8.72. The van der Waals surface area contributed by atoms with Crippen LogP contribution in [0, 0.1) is 0 Å². The molecular weight excluding hydrogens is 347 g/mol. The predicted octanol–water partition coefficient (Wildman–Crippen LogP) is 3.07. The lowest BCUT2D eigenvalue weighted by Gasteiger charge is -2.22. The first-order chi connectivity index (χ1) is 10.3. The van der Waals surface area contributed by atoms with Crippen molar-refractivity contribution in [3.8, 4) is 0 Å². The number of unbranched alkanes of at least 4 members (excludes halogenated alkanes) is 1. The van der Waals surface area contributed by atoms with Crippen LogP contribution in [0.15, 0.2) is 18.2 Å². The van der Waals surface area contributed by atoms with Gasteiger partial charge in [-0.05, 0) is 24.6 Å². The fourth-order valence-electron chi connectivity index (χ4n) is 1.87. The van der Waals surface area contributed by atoms with Gasteiger partial charge in [-0.3, -0.25) is 4.79 Å². The Labute approximate surface area is 141 Å². The van der Waals surface area contributed by atoms with Gasteiger partial charge in [-0.15, -0.1) is 0 Å². The van der Waals surface area contributed by atoms with E-state index in [1.54, 1.807) is 18.2 Å². The highest BCUT2D eigenvalue weighted by Crippen LogP contribution is 2.28. The molecule has 0 aliphatic rings. The highest BCUT2D eigenvalue weighted by atomic mass is 35.5. The van der Waals surface area contributed by atoms with Gasteiger partial charge in [0.2, 0.25) is 15.9 Å². The maximum absolute atomic E-state index is 11.8. The van der Waals surface area contributed by atoms with Crippen molar-refractivity contribution < 1.29 is 13.2 Å². The van der Waals surface area contributed by atoms with Crippen LogP contribution in [0.3, 0.4) is 0 Å². The van der Waals surface area contributed by atoms with Gasteiger partial charge in [0, 0.05) is 25.0 Å². The molecule has 0 fully saturated rings. The van der Waals surface area contributed by atoms with E-state index in [-0.39, 0.29) is 24.7 Å². The van der Waals surface area contributed by atoms with Crippen molar-refractivity contribution in [2.75, 3.05) is 23.7 Å². The molecule has 0 saturated heterocycles. The van der Waals surface area contributed by atoms with Crippen LogP contribution in [0.4, 0.5) is 5.69 Å². The van der Waals surface area contributed by atoms with Gasteiger partial charge in [0.25, 0.3) is 0 Å². The van der Waals surface area contributed by atoms with Crippen molar-refractivity contribution in [1.29, 1.82) is 0 Å². The van der Waals surface area contributed by atoms with Gasteiger partial charge in [-0.1, -0.05) is 36.5 Å². The number of carbonyl (C=O) groups excluding carboxylic acids is 1. The number of hydrogen-bond donors (Lipinski definition) is 1. The van der Waals surface area contributed by atoms with E-state index in [9.17, 15) is 13.2 Å². The van der Waals surface area contributed by atoms with Crippen LogP contribution in [0.1, 0.15) is 26.7 Å². The fourth-order valence-corrected chi connectivity index (χ4v) is 3.59. The Morgan fingerprint density at radius 2 is 2.00 bits per heavy atom. The molecular formula is C14H20Cl2N2O3S. The number of hydrogen-bond acceptors (Lipinski definition) is 3. The minimum atomic E-state index is -3.31. The molecule has 1 aromatic rings. The molecule has 0 radical (unpaired) electrons. The van der Waals surface area contributed by atoms with Crippen molar-refractivity contribution in [1.82, 2.24) is 4.72 Å². The molecule has 22 heavy (non-hydrogen) atoms. The molecule has 1 N–H and O–H groups in total. The van der Waals surface area contributed by atoms with Gasteiger partial charge in [-0.25, -0.2) is 13.1 Å². The molecule has 0 spiro atoms. The molecule has 0 aliphatic heterocycles. The molecule has 8 heteroatoms. The summed E-state index contributed by atoms with van der Waals surface area (Å²) >= 11 is 11.9. The summed E-state index contributed by atoms with van der Waals surface area (Å²) in [5.74, 6) is -0.136. The van der Waals surface area contributed by atoms with E-state index >= 15 is 0 Å². The summed E-state index contributed by atoms with van der Waals surface area (Å²) in [6, 6.07) is 4.81. The zero-order valence-corrected chi connectivity index (χ0v) is 14.9. The van der Waals surface area contributed by atoms with Crippen molar-refractivity contribution in [2.45, 2.75) is 26.7 Å². The van der Waals surface area contributed by atoms with E-state index in [4.69, 9.17) is 23.2 Å². The number of benzene rings is 1. The molecule has 0 bridgehead atoms. The molecule has 0 aromatic heterocycles. The average molecular weight is 367 g/mol. The van der Waals surface area contributed by atoms with Crippen LogP contribution in [0.25, 0.3) is 0 Å². The van der Waals surface area contributed by atoms with Crippen molar-refractivity contribution in [3.63, 3.8) is 0 Å². The molecule has 0 saturated carbocycles. The Morgan fingerprint density at radius 1 is 1.32 bits per heavy atom. The van der Waals surface area contributed by atoms with Crippen molar-refractivity contribution in [2.24, 2.45) is 0 Å². The normalized spacial score (nSPS) is 11.5. The van der Waals surface area contributed by atoms with Crippen LogP contribution in [0.2, 0.25) is 10.0 Å². The average Bonchev–Trinajstić information content (AvgIpc) is 2.42. The second-order valence-electron chi connectivity index (χ2n) is 4.83. The molecule has 1 rings (SSSR count). The summed E-state index contributed by atoms with van der Waals surface area (Å²) in [6.07, 6.45) is 1.41. The topological polar surface area (TPSA) is 66.5 Å². The summed E-state index contributed by atoms with van der Waals surface area (Å²) in [7, 11) is -3.31. The zero-order valence-electron chi connectivity index (χ0n) is 12.6. The number of anilines is 1. The standard InChI is InChI=1S/C14H20Cl2N2O3S/c1-3-4-9-22(20,21)17-7-8-18(11(2)19)14-6-5-12(15)10-13(14)16/h5-6,10,17H,3-4,7-9H2,1-2H3. The number of sulfonamides is 1. The van der Waals surface area contributed by atoms with Gasteiger partial charge < -0.3 is 4.90 Å². The van der Waals surface area contributed by atoms with Crippen molar-refractivity contribution in [3.05, 3.63) is 28.2 Å². The fraction of sp³-hybridized carbons (Fsp3) is 0.500. The molecule has 1 aromatic carbocycles. The first kappa shape index (κ1) is 19.2. The number of rotatable bonds is 8. The summed E-state index contributed by atoms with van der Waals surface area (Å²) < 4.78 is 26.0. The van der Waals surface area contributed by atoms with E-state index in [1.807, 2.05) is 6.92 Å². The highest BCUT2D eigenvalue weighted by molar-refractivity contribution is 7.89. The highest BCUT2D eigenvalue weighted by Gasteiger charge is 2.16. The summed E-state index contributed by atoms with van der Waals surface area (Å²) in [5, 5.41) is 0.814. The minimum absolute atomic E-state index is 0.0886. The Bertz CT molecular complexity index is 621. The molecule has 124 valence electrons. The van der Waals surface area contributed by atoms with E-state index in [1.165, 1.54) is 11.8 Å². The number of carbonyl (C=O) groups is 1. The first-order valence-electron chi connectivity index (χ1n) is 6.97. The van der Waals surface area contributed by atoms with Crippen LogP contribution in [-0.4, -0.2) is 33.2 Å². The van der Waals surface area contributed by atoms with Gasteiger partial charge >= 0.3 is 0 Å². The molecule has 1 amide bonds. The Morgan fingerprint density at radius 3 is 2.55 bits per heavy atom. The molecule has 5 nitrogen and oxygen atoms in total. The van der Waals surface area contributed by atoms with Crippen molar-refractivity contribution >= 4 is 44.8 Å². The van der Waals surface area contributed by atoms with Gasteiger partial charge in [0.1, 0.15) is 0 Å². The first-order valence-corrected chi connectivity index (χ1v) is 9.38. The molecule has 0 heterocycles. The third-order valence-corrected chi connectivity index (χ3v) is 5.01. The summed E-state index contributed by atoms with van der Waals surface area (Å²) in [5.41, 5.74) is 0.506. The molecule has 0 aliphatic carbocycles. The van der Waals surface area contributed by atoms with Crippen LogP contribution >= 0.6 is 23.2 Å². The van der Waals surface area contributed by atoms with E-state index in [2.05, 4.69) is 4.72 Å².